The number of ether oxygens (including phenoxy) is 1. The van der Waals surface area contributed by atoms with Crippen LogP contribution in [0.15, 0.2) is 46.9 Å². The number of carbonyl (C=O) groups is 1. The van der Waals surface area contributed by atoms with Gasteiger partial charge in [0.2, 0.25) is 5.91 Å². The number of aryl methyl sites for hydroxylation is 1. The Hall–Kier alpha value is -2.77. The number of nitrogens with zero attached hydrogens (tertiary/aromatic N) is 3. The third-order valence-corrected chi connectivity index (χ3v) is 6.20. The summed E-state index contributed by atoms with van der Waals surface area (Å²) in [7, 11) is 0. The molecule has 1 amide bonds. The lowest BCUT2D eigenvalue weighted by molar-refractivity contribution is -0.120. The highest BCUT2D eigenvalue weighted by Gasteiger charge is 2.18. The van der Waals surface area contributed by atoms with Crippen molar-refractivity contribution in [2.24, 2.45) is 5.10 Å². The van der Waals surface area contributed by atoms with Gasteiger partial charge >= 0.3 is 0 Å². The predicted molar refractivity (Wildman–Crippen MR) is 120 cm³/mol. The lowest BCUT2D eigenvalue weighted by Gasteiger charge is -2.14. The number of hydrogen-bond acceptors (Lipinski definition) is 5. The Bertz CT molecular complexity index is 1030. The molecule has 6 nitrogen and oxygen atoms in total. The van der Waals surface area contributed by atoms with Crippen LogP contribution >= 0.6 is 11.3 Å². The zero-order chi connectivity index (χ0) is 20.9. The Balaban J connectivity index is 1.33. The summed E-state index contributed by atoms with van der Waals surface area (Å²) >= 11 is 1.49. The molecule has 0 saturated carbocycles. The molecule has 0 bridgehead atoms. The summed E-state index contributed by atoms with van der Waals surface area (Å²) in [5, 5.41) is 6.91. The first-order valence-corrected chi connectivity index (χ1v) is 11.1. The molecule has 1 aliphatic rings. The molecule has 1 aliphatic heterocycles. The van der Waals surface area contributed by atoms with E-state index < -0.39 is 0 Å². The highest BCUT2D eigenvalue weighted by Crippen LogP contribution is 2.22. The Morgan fingerprint density at radius 2 is 2.20 bits per heavy atom. The zero-order valence-electron chi connectivity index (χ0n) is 17.3. The fourth-order valence-electron chi connectivity index (χ4n) is 3.72. The molecular weight excluding hydrogens is 396 g/mol. The maximum absolute atomic E-state index is 12.3. The molecule has 2 aromatic heterocycles. The van der Waals surface area contributed by atoms with Crippen LogP contribution in [0, 0.1) is 13.8 Å². The van der Waals surface area contributed by atoms with Crippen molar-refractivity contribution in [1.82, 2.24) is 15.0 Å². The normalized spacial score (nSPS) is 16.4. The van der Waals surface area contributed by atoms with Crippen LogP contribution in [0.1, 0.15) is 34.8 Å². The molecule has 156 valence electrons. The minimum absolute atomic E-state index is 0.173. The van der Waals surface area contributed by atoms with Gasteiger partial charge in [0.1, 0.15) is 5.01 Å². The predicted octanol–water partition coefficient (Wildman–Crippen LogP) is 4.10. The first kappa shape index (κ1) is 20.5. The number of amides is 1. The largest absolute Gasteiger partial charge is 0.376 e. The van der Waals surface area contributed by atoms with Gasteiger partial charge in [0, 0.05) is 41.0 Å². The average molecular weight is 423 g/mol. The smallest absolute Gasteiger partial charge is 0.246 e. The van der Waals surface area contributed by atoms with E-state index in [2.05, 4.69) is 40.0 Å². The topological polar surface area (TPSA) is 68.5 Å². The molecule has 1 N–H and O–H groups in total. The van der Waals surface area contributed by atoms with Crippen molar-refractivity contribution in [3.05, 3.63) is 63.7 Å². The Labute approximate surface area is 180 Å². The second-order valence-corrected chi connectivity index (χ2v) is 8.48. The molecule has 0 aliphatic carbocycles. The average Bonchev–Trinajstić information content (AvgIpc) is 3.48. The maximum atomic E-state index is 12.3. The number of benzene rings is 1. The molecule has 0 radical (unpaired) electrons. The van der Waals surface area contributed by atoms with Gasteiger partial charge in [-0.15, -0.1) is 11.3 Å². The molecule has 1 saturated heterocycles. The third-order valence-electron chi connectivity index (χ3n) is 5.35. The number of hydrazone groups is 1. The second-order valence-electron chi connectivity index (χ2n) is 7.53. The summed E-state index contributed by atoms with van der Waals surface area (Å²) in [6.07, 6.45) is 4.46. The van der Waals surface area contributed by atoms with E-state index in [0.717, 1.165) is 53.5 Å². The molecule has 3 heterocycles. The highest BCUT2D eigenvalue weighted by atomic mass is 32.1. The summed E-state index contributed by atoms with van der Waals surface area (Å²) in [6, 6.07) is 12.0. The van der Waals surface area contributed by atoms with Crippen molar-refractivity contribution in [2.75, 3.05) is 6.61 Å². The fraction of sp³-hybridized carbons (Fsp3) is 0.348. The molecule has 1 atom stereocenters. The van der Waals surface area contributed by atoms with Crippen molar-refractivity contribution in [1.29, 1.82) is 0 Å². The van der Waals surface area contributed by atoms with Gasteiger partial charge in [0.05, 0.1) is 24.4 Å². The SMILES string of the molecule is Cc1cc(/C=N\NC(=O)Cc2nc(-c3ccccc3)cs2)c(C)n1C[C@H]1CCCO1. The van der Waals surface area contributed by atoms with Crippen LogP contribution in [0.5, 0.6) is 0 Å². The lowest BCUT2D eigenvalue weighted by Crippen LogP contribution is -2.19. The zero-order valence-corrected chi connectivity index (χ0v) is 18.1. The van der Waals surface area contributed by atoms with Crippen molar-refractivity contribution in [2.45, 2.75) is 45.8 Å². The molecule has 3 aromatic rings. The summed E-state index contributed by atoms with van der Waals surface area (Å²) in [5.74, 6) is -0.173. The molecule has 7 heteroatoms. The van der Waals surface area contributed by atoms with Crippen LogP contribution in [0.25, 0.3) is 11.3 Å². The van der Waals surface area contributed by atoms with Gasteiger partial charge in [-0.05, 0) is 32.8 Å². The lowest BCUT2D eigenvalue weighted by atomic mass is 10.2. The highest BCUT2D eigenvalue weighted by molar-refractivity contribution is 7.10. The van der Waals surface area contributed by atoms with Gasteiger partial charge < -0.3 is 9.30 Å². The van der Waals surface area contributed by atoms with Crippen LogP contribution in [-0.4, -0.2) is 34.4 Å². The monoisotopic (exact) mass is 422 g/mol. The summed E-state index contributed by atoms with van der Waals surface area (Å²) in [4.78, 5) is 16.8. The van der Waals surface area contributed by atoms with E-state index in [9.17, 15) is 4.79 Å². The Morgan fingerprint density at radius 3 is 2.97 bits per heavy atom. The van der Waals surface area contributed by atoms with Crippen molar-refractivity contribution >= 4 is 23.5 Å². The van der Waals surface area contributed by atoms with E-state index in [-0.39, 0.29) is 12.3 Å². The summed E-state index contributed by atoms with van der Waals surface area (Å²) in [6.45, 7) is 5.89. The van der Waals surface area contributed by atoms with Crippen LogP contribution in [0.3, 0.4) is 0 Å². The molecule has 4 rings (SSSR count). The number of thiazole rings is 1. The minimum atomic E-state index is -0.173. The van der Waals surface area contributed by atoms with E-state index in [1.807, 2.05) is 35.7 Å². The van der Waals surface area contributed by atoms with Crippen LogP contribution < -0.4 is 5.43 Å². The van der Waals surface area contributed by atoms with E-state index in [4.69, 9.17) is 4.74 Å². The van der Waals surface area contributed by atoms with Gasteiger partial charge in [-0.2, -0.15) is 5.10 Å². The molecule has 1 aromatic carbocycles. The van der Waals surface area contributed by atoms with Crippen molar-refractivity contribution < 1.29 is 9.53 Å². The molecule has 30 heavy (non-hydrogen) atoms. The van der Waals surface area contributed by atoms with E-state index in [1.54, 1.807) is 6.21 Å². The van der Waals surface area contributed by atoms with Crippen molar-refractivity contribution in [3.63, 3.8) is 0 Å². The quantitative estimate of drug-likeness (QED) is 0.460. The number of nitrogens with one attached hydrogen (secondary N) is 1. The van der Waals surface area contributed by atoms with Crippen molar-refractivity contribution in [3.8, 4) is 11.3 Å². The van der Waals surface area contributed by atoms with E-state index >= 15 is 0 Å². The summed E-state index contributed by atoms with van der Waals surface area (Å²) < 4.78 is 8.02. The van der Waals surface area contributed by atoms with Gasteiger partial charge in [0.15, 0.2) is 0 Å². The first-order valence-electron chi connectivity index (χ1n) is 10.2. The van der Waals surface area contributed by atoms with Gasteiger partial charge in [-0.3, -0.25) is 4.79 Å². The molecule has 0 spiro atoms. The van der Waals surface area contributed by atoms with Crippen LogP contribution in [0.4, 0.5) is 0 Å². The van der Waals surface area contributed by atoms with Gasteiger partial charge in [-0.25, -0.2) is 10.4 Å². The first-order chi connectivity index (χ1) is 14.6. The van der Waals surface area contributed by atoms with Gasteiger partial charge in [-0.1, -0.05) is 30.3 Å². The number of aromatic nitrogens is 2. The minimum Gasteiger partial charge on any atom is -0.376 e. The standard InChI is InChI=1S/C23H26N4O2S/c1-16-11-19(17(2)27(16)14-20-9-6-10-29-20)13-24-26-22(28)12-23-25-21(15-30-23)18-7-4-3-5-8-18/h3-5,7-8,11,13,15,20H,6,9-10,12,14H2,1-2H3,(H,26,28)/b24-13-/t20-/m1/s1. The number of carbonyl (C=O) groups excluding carboxylic acids is 1. The van der Waals surface area contributed by atoms with Crippen LogP contribution in [0.2, 0.25) is 0 Å². The number of hydrogen-bond donors (Lipinski definition) is 1. The fourth-order valence-corrected chi connectivity index (χ4v) is 4.52. The van der Waals surface area contributed by atoms with E-state index in [0.29, 0.717) is 6.10 Å². The molecular formula is C23H26N4O2S. The second kappa shape index (κ2) is 9.36. The third kappa shape index (κ3) is 4.86. The Kier molecular flexibility index (Phi) is 6.40. The maximum Gasteiger partial charge on any atom is 0.246 e. The molecule has 0 unspecified atom stereocenters. The van der Waals surface area contributed by atoms with Gasteiger partial charge in [0.25, 0.3) is 0 Å². The van der Waals surface area contributed by atoms with Crippen LogP contribution in [-0.2, 0) is 22.5 Å². The molecule has 1 fully saturated rings. The number of rotatable bonds is 7. The van der Waals surface area contributed by atoms with E-state index in [1.165, 1.54) is 17.0 Å². The Morgan fingerprint density at radius 1 is 1.37 bits per heavy atom. The summed E-state index contributed by atoms with van der Waals surface area (Å²) in [5.41, 5.74) is 7.88.